The molecule has 0 fully saturated rings. The summed E-state index contributed by atoms with van der Waals surface area (Å²) < 4.78 is 11.4. The number of hydrogen-bond acceptors (Lipinski definition) is 3. The Morgan fingerprint density at radius 3 is 2.74 bits per heavy atom. The van der Waals surface area contributed by atoms with Gasteiger partial charge in [-0.2, -0.15) is 0 Å². The van der Waals surface area contributed by atoms with Gasteiger partial charge in [-0.3, -0.25) is 0 Å². The third kappa shape index (κ3) is 3.61. The maximum Gasteiger partial charge on any atom is 0.146 e. The second-order valence-electron chi connectivity index (χ2n) is 4.40. The van der Waals surface area contributed by atoms with Crippen LogP contribution in [0.4, 0.5) is 0 Å². The molecule has 2 aromatic rings. The average Bonchev–Trinajstić information content (AvgIpc) is 2.90. The molecule has 0 spiro atoms. The Kier molecular flexibility index (Phi) is 5.04. The summed E-state index contributed by atoms with van der Waals surface area (Å²) in [4.78, 5) is 0. The fraction of sp³-hybridized carbons (Fsp3) is 0.375. The first-order valence-electron chi connectivity index (χ1n) is 6.81. The third-order valence-electron chi connectivity index (χ3n) is 3.12. The van der Waals surface area contributed by atoms with Gasteiger partial charge in [0.15, 0.2) is 0 Å². The van der Waals surface area contributed by atoms with Crippen molar-refractivity contribution < 1.29 is 9.15 Å². The highest BCUT2D eigenvalue weighted by Gasteiger charge is 2.08. The maximum atomic E-state index is 5.87. The molecule has 0 unspecified atom stereocenters. The van der Waals surface area contributed by atoms with Crippen LogP contribution in [0.25, 0.3) is 0 Å². The van der Waals surface area contributed by atoms with Crippen LogP contribution in [-0.4, -0.2) is 6.54 Å². The molecule has 1 aromatic heterocycles. The van der Waals surface area contributed by atoms with Crippen LogP contribution in [0.2, 0.25) is 0 Å². The molecule has 0 bridgehead atoms. The summed E-state index contributed by atoms with van der Waals surface area (Å²) in [6, 6.07) is 10.1. The minimum absolute atomic E-state index is 0.477. The summed E-state index contributed by atoms with van der Waals surface area (Å²) in [7, 11) is 0. The largest absolute Gasteiger partial charge is 0.485 e. The number of furan rings is 1. The summed E-state index contributed by atoms with van der Waals surface area (Å²) in [5, 5.41) is 3.30. The van der Waals surface area contributed by atoms with Crippen molar-refractivity contribution in [2.45, 2.75) is 33.4 Å². The van der Waals surface area contributed by atoms with Crippen LogP contribution in [0.15, 0.2) is 41.0 Å². The molecule has 1 aromatic carbocycles. The number of aryl methyl sites for hydroxylation is 1. The fourth-order valence-electron chi connectivity index (χ4n) is 1.99. The van der Waals surface area contributed by atoms with E-state index in [1.807, 2.05) is 24.3 Å². The van der Waals surface area contributed by atoms with Crippen LogP contribution in [-0.2, 0) is 19.6 Å². The fourth-order valence-corrected chi connectivity index (χ4v) is 1.99. The number of ether oxygens (including phenoxy) is 1. The maximum absolute atomic E-state index is 5.87. The molecule has 1 N–H and O–H groups in total. The van der Waals surface area contributed by atoms with Gasteiger partial charge in [-0.1, -0.05) is 32.0 Å². The molecule has 0 aliphatic heterocycles. The van der Waals surface area contributed by atoms with Gasteiger partial charge in [0, 0.05) is 12.1 Å². The lowest BCUT2D eigenvalue weighted by molar-refractivity contribution is 0.266. The van der Waals surface area contributed by atoms with E-state index < -0.39 is 0 Å². The average molecular weight is 259 g/mol. The molecule has 0 radical (unpaired) electrons. The summed E-state index contributed by atoms with van der Waals surface area (Å²) in [6.07, 6.45) is 2.69. The minimum atomic E-state index is 0.477. The van der Waals surface area contributed by atoms with Crippen molar-refractivity contribution in [1.29, 1.82) is 0 Å². The molecule has 0 aliphatic rings. The van der Waals surface area contributed by atoms with E-state index in [0.717, 1.165) is 36.6 Å². The van der Waals surface area contributed by atoms with Gasteiger partial charge in [-0.15, -0.1) is 0 Å². The van der Waals surface area contributed by atoms with E-state index >= 15 is 0 Å². The molecule has 1 heterocycles. The number of para-hydroxylation sites is 1. The molecule has 0 aliphatic carbocycles. The van der Waals surface area contributed by atoms with E-state index in [9.17, 15) is 0 Å². The first-order chi connectivity index (χ1) is 9.35. The number of hydrogen-bond donors (Lipinski definition) is 1. The van der Waals surface area contributed by atoms with Crippen molar-refractivity contribution in [3.05, 3.63) is 53.5 Å². The van der Waals surface area contributed by atoms with Crippen LogP contribution in [0.5, 0.6) is 5.75 Å². The van der Waals surface area contributed by atoms with E-state index in [1.54, 1.807) is 6.26 Å². The van der Waals surface area contributed by atoms with Crippen molar-refractivity contribution in [2.75, 3.05) is 6.54 Å². The second kappa shape index (κ2) is 7.00. The summed E-state index contributed by atoms with van der Waals surface area (Å²) in [6.45, 7) is 6.47. The lowest BCUT2D eigenvalue weighted by atomic mass is 10.1. The van der Waals surface area contributed by atoms with Gasteiger partial charge < -0.3 is 14.5 Å². The molecule has 0 saturated carbocycles. The molecule has 102 valence electrons. The quantitative estimate of drug-likeness (QED) is 0.826. The molecule has 0 saturated heterocycles. The lowest BCUT2D eigenvalue weighted by Crippen LogP contribution is -2.12. The zero-order chi connectivity index (χ0) is 13.5. The van der Waals surface area contributed by atoms with Gasteiger partial charge in [0.1, 0.15) is 18.1 Å². The summed E-state index contributed by atoms with van der Waals surface area (Å²) >= 11 is 0. The predicted molar refractivity (Wildman–Crippen MR) is 76.2 cm³/mol. The van der Waals surface area contributed by atoms with Crippen molar-refractivity contribution in [1.82, 2.24) is 5.32 Å². The Labute approximate surface area is 114 Å². The summed E-state index contributed by atoms with van der Waals surface area (Å²) in [5.41, 5.74) is 2.39. The van der Waals surface area contributed by atoms with Crippen molar-refractivity contribution in [3.8, 4) is 5.75 Å². The lowest BCUT2D eigenvalue weighted by Gasteiger charge is -2.10. The Balaban J connectivity index is 2.00. The van der Waals surface area contributed by atoms with Gasteiger partial charge in [-0.25, -0.2) is 0 Å². The third-order valence-corrected chi connectivity index (χ3v) is 3.12. The summed E-state index contributed by atoms with van der Waals surface area (Å²) in [5.74, 6) is 1.84. The molecule has 2 rings (SSSR count). The molecular weight excluding hydrogens is 238 g/mol. The van der Waals surface area contributed by atoms with Crippen LogP contribution >= 0.6 is 0 Å². The highest BCUT2D eigenvalue weighted by atomic mass is 16.5. The molecule has 3 nitrogen and oxygen atoms in total. The van der Waals surface area contributed by atoms with Crippen molar-refractivity contribution >= 4 is 0 Å². The number of rotatable bonds is 7. The van der Waals surface area contributed by atoms with Crippen molar-refractivity contribution in [2.24, 2.45) is 0 Å². The predicted octanol–water partition coefficient (Wildman–Crippen LogP) is 3.53. The SMILES string of the molecule is CCNCc1ccoc1COc1ccccc1CC. The Morgan fingerprint density at radius 1 is 1.11 bits per heavy atom. The van der Waals surface area contributed by atoms with Crippen LogP contribution < -0.4 is 10.1 Å². The number of nitrogens with one attached hydrogen (secondary N) is 1. The monoisotopic (exact) mass is 259 g/mol. The van der Waals surface area contributed by atoms with E-state index in [0.29, 0.717) is 6.61 Å². The Hall–Kier alpha value is -1.74. The zero-order valence-corrected chi connectivity index (χ0v) is 11.6. The van der Waals surface area contributed by atoms with Gasteiger partial charge in [-0.05, 0) is 30.7 Å². The highest BCUT2D eigenvalue weighted by molar-refractivity contribution is 5.33. The number of benzene rings is 1. The van der Waals surface area contributed by atoms with Gasteiger partial charge in [0.25, 0.3) is 0 Å². The molecule has 0 amide bonds. The Bertz CT molecular complexity index is 505. The zero-order valence-electron chi connectivity index (χ0n) is 11.6. The molecule has 0 atom stereocenters. The van der Waals surface area contributed by atoms with Gasteiger partial charge in [0.2, 0.25) is 0 Å². The second-order valence-corrected chi connectivity index (χ2v) is 4.40. The van der Waals surface area contributed by atoms with Gasteiger partial charge in [0.05, 0.1) is 6.26 Å². The van der Waals surface area contributed by atoms with Gasteiger partial charge >= 0.3 is 0 Å². The Morgan fingerprint density at radius 2 is 1.95 bits per heavy atom. The van der Waals surface area contributed by atoms with Crippen LogP contribution in [0.3, 0.4) is 0 Å². The van der Waals surface area contributed by atoms with E-state index in [-0.39, 0.29) is 0 Å². The van der Waals surface area contributed by atoms with Crippen molar-refractivity contribution in [3.63, 3.8) is 0 Å². The standard InChI is InChI=1S/C16H21NO2/c1-3-13-7-5-6-8-15(13)19-12-16-14(9-10-18-16)11-17-4-2/h5-10,17H,3-4,11-12H2,1-2H3. The van der Waals surface area contributed by atoms with Crippen LogP contribution in [0, 0.1) is 0 Å². The topological polar surface area (TPSA) is 34.4 Å². The molecular formula is C16H21NO2. The molecule has 19 heavy (non-hydrogen) atoms. The minimum Gasteiger partial charge on any atom is -0.485 e. The first kappa shape index (κ1) is 13.7. The van der Waals surface area contributed by atoms with E-state index in [4.69, 9.17) is 9.15 Å². The molecule has 3 heteroatoms. The first-order valence-corrected chi connectivity index (χ1v) is 6.81. The normalized spacial score (nSPS) is 10.6. The van der Waals surface area contributed by atoms with E-state index in [2.05, 4.69) is 25.2 Å². The van der Waals surface area contributed by atoms with Crippen LogP contribution in [0.1, 0.15) is 30.7 Å². The van der Waals surface area contributed by atoms with E-state index in [1.165, 1.54) is 5.56 Å². The smallest absolute Gasteiger partial charge is 0.146 e. The highest BCUT2D eigenvalue weighted by Crippen LogP contribution is 2.21.